The van der Waals surface area contributed by atoms with Crippen molar-refractivity contribution in [1.82, 2.24) is 9.78 Å². The number of halogens is 1. The van der Waals surface area contributed by atoms with Crippen molar-refractivity contribution >= 4 is 40.4 Å². The molecular formula is C21H20ClN3O2S. The lowest BCUT2D eigenvalue weighted by molar-refractivity contribution is -0.116. The van der Waals surface area contributed by atoms with Crippen LogP contribution in [0.2, 0.25) is 5.02 Å². The van der Waals surface area contributed by atoms with Gasteiger partial charge in [0.1, 0.15) is 5.82 Å². The molecule has 144 valence electrons. The average molecular weight is 414 g/mol. The first-order chi connectivity index (χ1) is 13.3. The summed E-state index contributed by atoms with van der Waals surface area (Å²) in [5.74, 6) is -0.194. The van der Waals surface area contributed by atoms with Crippen molar-refractivity contribution in [2.45, 2.75) is 40.0 Å². The average Bonchev–Trinajstić information content (AvgIpc) is 3.15. The Morgan fingerprint density at radius 2 is 2.00 bits per heavy atom. The fourth-order valence-electron chi connectivity index (χ4n) is 3.73. The van der Waals surface area contributed by atoms with Crippen LogP contribution in [-0.2, 0) is 4.79 Å². The highest BCUT2D eigenvalue weighted by Crippen LogP contribution is 2.39. The maximum absolute atomic E-state index is 13.3. The second-order valence-corrected chi connectivity index (χ2v) is 9.06. The Morgan fingerprint density at radius 3 is 2.64 bits per heavy atom. The van der Waals surface area contributed by atoms with E-state index in [9.17, 15) is 9.59 Å². The van der Waals surface area contributed by atoms with Crippen molar-refractivity contribution in [3.05, 3.63) is 61.4 Å². The second kappa shape index (κ2) is 6.87. The van der Waals surface area contributed by atoms with Crippen molar-refractivity contribution in [2.75, 3.05) is 5.32 Å². The molecular weight excluding hydrogens is 394 g/mol. The lowest BCUT2D eigenvalue weighted by atomic mass is 9.85. The molecule has 1 aliphatic rings. The predicted octanol–water partition coefficient (Wildman–Crippen LogP) is 5.13. The molecule has 5 nitrogen and oxygen atoms in total. The van der Waals surface area contributed by atoms with Crippen LogP contribution in [0.5, 0.6) is 0 Å². The van der Waals surface area contributed by atoms with Gasteiger partial charge in [0.15, 0.2) is 5.78 Å². The SMILES string of the molecule is Cc1cc(C(=O)C2CC(=O)Nc3c2c(C)nn3-c2ccc(C)c(Cl)c2)c(C)s1. The molecule has 7 heteroatoms. The summed E-state index contributed by atoms with van der Waals surface area (Å²) in [4.78, 5) is 27.8. The van der Waals surface area contributed by atoms with E-state index in [0.29, 0.717) is 16.4 Å². The Hall–Kier alpha value is -2.44. The zero-order valence-electron chi connectivity index (χ0n) is 16.1. The van der Waals surface area contributed by atoms with Crippen molar-refractivity contribution in [1.29, 1.82) is 0 Å². The molecule has 2 aromatic heterocycles. The number of fused-ring (bicyclic) bond motifs is 1. The van der Waals surface area contributed by atoms with E-state index in [2.05, 4.69) is 10.4 Å². The first kappa shape index (κ1) is 18.9. The standard InChI is InChI=1S/C21H20ClN3O2S/c1-10-5-6-14(8-17(10)22)25-21-19(12(3)24-25)16(9-18(26)23-21)20(27)15-7-11(2)28-13(15)4/h5-8,16H,9H2,1-4H3,(H,23,26). The number of carbonyl (C=O) groups is 2. The van der Waals surface area contributed by atoms with E-state index < -0.39 is 5.92 Å². The first-order valence-corrected chi connectivity index (χ1v) is 10.2. The number of hydrogen-bond donors (Lipinski definition) is 1. The number of aromatic nitrogens is 2. The van der Waals surface area contributed by atoms with Gasteiger partial charge in [-0.2, -0.15) is 5.10 Å². The van der Waals surface area contributed by atoms with Gasteiger partial charge >= 0.3 is 0 Å². The molecule has 1 unspecified atom stereocenters. The predicted molar refractivity (Wildman–Crippen MR) is 112 cm³/mol. The van der Waals surface area contributed by atoms with Gasteiger partial charge in [0.05, 0.1) is 17.3 Å². The summed E-state index contributed by atoms with van der Waals surface area (Å²) < 4.78 is 1.67. The molecule has 0 saturated heterocycles. The molecule has 0 fully saturated rings. The fraction of sp³-hybridized carbons (Fsp3) is 0.286. The highest BCUT2D eigenvalue weighted by atomic mass is 35.5. The molecule has 28 heavy (non-hydrogen) atoms. The number of aryl methyl sites for hydroxylation is 4. The van der Waals surface area contributed by atoms with Gasteiger partial charge in [0.25, 0.3) is 0 Å². The molecule has 4 rings (SSSR count). The van der Waals surface area contributed by atoms with Crippen molar-refractivity contribution < 1.29 is 9.59 Å². The van der Waals surface area contributed by atoms with Crippen LogP contribution in [0.1, 0.15) is 49.3 Å². The summed E-state index contributed by atoms with van der Waals surface area (Å²) >= 11 is 7.88. The van der Waals surface area contributed by atoms with Crippen LogP contribution in [0.3, 0.4) is 0 Å². The van der Waals surface area contributed by atoms with E-state index in [1.165, 1.54) is 0 Å². The number of Topliss-reactive ketones (excluding diaryl/α,β-unsaturated/α-hetero) is 1. The number of rotatable bonds is 3. The fourth-order valence-corrected chi connectivity index (χ4v) is 4.84. The van der Waals surface area contributed by atoms with Gasteiger partial charge in [-0.25, -0.2) is 4.68 Å². The third kappa shape index (κ3) is 3.06. The molecule has 0 spiro atoms. The van der Waals surface area contributed by atoms with Crippen molar-refractivity contribution in [3.8, 4) is 5.69 Å². The quantitative estimate of drug-likeness (QED) is 0.605. The van der Waals surface area contributed by atoms with Gasteiger partial charge in [0.2, 0.25) is 5.91 Å². The number of thiophene rings is 1. The minimum Gasteiger partial charge on any atom is -0.310 e. The maximum atomic E-state index is 13.3. The molecule has 0 saturated carbocycles. The van der Waals surface area contributed by atoms with Gasteiger partial charge in [-0.15, -0.1) is 11.3 Å². The van der Waals surface area contributed by atoms with Crippen LogP contribution in [0.25, 0.3) is 5.69 Å². The number of carbonyl (C=O) groups excluding carboxylic acids is 2. The van der Waals surface area contributed by atoms with Gasteiger partial charge in [-0.3, -0.25) is 9.59 Å². The number of ketones is 1. The Bertz CT molecular complexity index is 1130. The van der Waals surface area contributed by atoms with Gasteiger partial charge in [0, 0.05) is 32.3 Å². The number of benzene rings is 1. The Labute approximate surface area is 172 Å². The smallest absolute Gasteiger partial charge is 0.226 e. The number of anilines is 1. The topological polar surface area (TPSA) is 64.0 Å². The van der Waals surface area contributed by atoms with Crippen LogP contribution in [0, 0.1) is 27.7 Å². The minimum absolute atomic E-state index is 0.0254. The van der Waals surface area contributed by atoms with E-state index in [1.54, 1.807) is 16.0 Å². The molecule has 3 heterocycles. The second-order valence-electron chi connectivity index (χ2n) is 7.19. The van der Waals surface area contributed by atoms with Crippen LogP contribution in [-0.4, -0.2) is 21.5 Å². The van der Waals surface area contributed by atoms with Crippen LogP contribution in [0.4, 0.5) is 5.82 Å². The number of nitrogens with zero attached hydrogens (tertiary/aromatic N) is 2. The van der Waals surface area contributed by atoms with Crippen molar-refractivity contribution in [3.63, 3.8) is 0 Å². The lowest BCUT2D eigenvalue weighted by Crippen LogP contribution is -2.28. The summed E-state index contributed by atoms with van der Waals surface area (Å²) in [6.07, 6.45) is 0.126. The number of amides is 1. The summed E-state index contributed by atoms with van der Waals surface area (Å²) in [6.45, 7) is 7.73. The molecule has 1 aromatic carbocycles. The molecule has 3 aromatic rings. The van der Waals surface area contributed by atoms with Crippen LogP contribution in [0.15, 0.2) is 24.3 Å². The summed E-state index contributed by atoms with van der Waals surface area (Å²) in [6, 6.07) is 7.53. The van der Waals surface area contributed by atoms with Gasteiger partial charge in [-0.1, -0.05) is 17.7 Å². The van der Waals surface area contributed by atoms with Crippen LogP contribution >= 0.6 is 22.9 Å². The number of nitrogens with one attached hydrogen (secondary N) is 1. The molecule has 0 bridgehead atoms. The third-order valence-corrected chi connectivity index (χ3v) is 6.50. The largest absolute Gasteiger partial charge is 0.310 e. The minimum atomic E-state index is -0.536. The van der Waals surface area contributed by atoms with E-state index in [-0.39, 0.29) is 18.1 Å². The highest BCUT2D eigenvalue weighted by Gasteiger charge is 2.37. The number of hydrogen-bond acceptors (Lipinski definition) is 4. The third-order valence-electron chi connectivity index (χ3n) is 5.13. The normalized spacial score (nSPS) is 16.0. The molecule has 0 aliphatic carbocycles. The van der Waals surface area contributed by atoms with Crippen LogP contribution < -0.4 is 5.32 Å². The Morgan fingerprint density at radius 1 is 1.25 bits per heavy atom. The molecule has 1 amide bonds. The maximum Gasteiger partial charge on any atom is 0.226 e. The lowest BCUT2D eigenvalue weighted by Gasteiger charge is -2.23. The van der Waals surface area contributed by atoms with E-state index in [0.717, 1.165) is 32.3 Å². The zero-order chi connectivity index (χ0) is 20.2. The van der Waals surface area contributed by atoms with Gasteiger partial charge in [-0.05, 0) is 51.5 Å². The zero-order valence-corrected chi connectivity index (χ0v) is 17.7. The Balaban J connectivity index is 1.84. The molecule has 1 atom stereocenters. The monoisotopic (exact) mass is 413 g/mol. The van der Waals surface area contributed by atoms with Crippen molar-refractivity contribution in [2.24, 2.45) is 0 Å². The summed E-state index contributed by atoms with van der Waals surface area (Å²) in [5.41, 5.74) is 3.91. The van der Waals surface area contributed by atoms with E-state index in [4.69, 9.17) is 11.6 Å². The van der Waals surface area contributed by atoms with E-state index >= 15 is 0 Å². The van der Waals surface area contributed by atoms with E-state index in [1.807, 2.05) is 52.0 Å². The summed E-state index contributed by atoms with van der Waals surface area (Å²) in [5, 5.41) is 8.15. The van der Waals surface area contributed by atoms with Gasteiger partial charge < -0.3 is 5.32 Å². The Kier molecular flexibility index (Phi) is 4.63. The highest BCUT2D eigenvalue weighted by molar-refractivity contribution is 7.12. The molecule has 1 aliphatic heterocycles. The molecule has 0 radical (unpaired) electrons. The summed E-state index contributed by atoms with van der Waals surface area (Å²) in [7, 11) is 0. The molecule has 1 N–H and O–H groups in total. The first-order valence-electron chi connectivity index (χ1n) is 9.03.